The van der Waals surface area contributed by atoms with Crippen molar-refractivity contribution in [3.8, 4) is 5.88 Å². The lowest BCUT2D eigenvalue weighted by atomic mass is 9.98. The second-order valence-electron chi connectivity index (χ2n) is 11.1. The molecule has 1 aliphatic heterocycles. The number of aromatic nitrogens is 4. The first kappa shape index (κ1) is 32.6. The molecule has 7 atom stereocenters. The number of esters is 1. The highest BCUT2D eigenvalue weighted by molar-refractivity contribution is 7.54. The van der Waals surface area contributed by atoms with Crippen LogP contribution in [0.1, 0.15) is 47.8 Å². The zero-order valence-electron chi connectivity index (χ0n) is 23.8. The number of halogens is 1. The average Bonchev–Trinajstić information content (AvgIpc) is 3.37. The van der Waals surface area contributed by atoms with Gasteiger partial charge in [-0.15, -0.1) is 0 Å². The van der Waals surface area contributed by atoms with Crippen LogP contribution >= 0.6 is 7.67 Å². The number of imidazole rings is 1. The maximum absolute atomic E-state index is 15.5. The third-order valence-electron chi connectivity index (χ3n) is 6.06. The molecule has 230 valence electrons. The molecule has 0 bridgehead atoms. The molecule has 0 radical (unpaired) electrons. The number of nitrogens with two attached hydrogens (primary N) is 1. The SMILES string of the molecule is COc1nc(N)nc2c1ncn2[C@@H]1O[C@H](COP(=O)(N[C@@H](C)C(=O)O)N[C@@H](C)C(=O)OCC(C)(C)C)[C@@H](F)[C@@]1(C)O. The molecule has 18 heteroatoms. The van der Waals surface area contributed by atoms with Crippen molar-refractivity contribution in [2.24, 2.45) is 5.41 Å². The number of nitrogens with one attached hydrogen (secondary N) is 2. The summed E-state index contributed by atoms with van der Waals surface area (Å²) in [6.07, 6.45) is -3.72. The number of aliphatic hydroxyl groups is 1. The van der Waals surface area contributed by atoms with Crippen LogP contribution in [-0.2, 0) is 28.2 Å². The minimum Gasteiger partial charge on any atom is -0.480 e. The van der Waals surface area contributed by atoms with Gasteiger partial charge in [-0.05, 0) is 26.2 Å². The fourth-order valence-corrected chi connectivity index (χ4v) is 5.71. The molecular weight excluding hydrogens is 568 g/mol. The van der Waals surface area contributed by atoms with E-state index in [1.165, 1.54) is 38.8 Å². The number of anilines is 1. The number of alkyl halides is 1. The number of nitrogen functional groups attached to an aromatic ring is 1. The fourth-order valence-electron chi connectivity index (χ4n) is 3.90. The molecule has 2 aromatic heterocycles. The number of carboxylic acids is 1. The van der Waals surface area contributed by atoms with E-state index in [9.17, 15) is 24.4 Å². The van der Waals surface area contributed by atoms with Crippen molar-refractivity contribution in [2.75, 3.05) is 26.1 Å². The van der Waals surface area contributed by atoms with Crippen LogP contribution < -0.4 is 20.6 Å². The summed E-state index contributed by atoms with van der Waals surface area (Å²) in [5.41, 5.74) is 3.54. The zero-order chi connectivity index (χ0) is 30.9. The molecule has 0 saturated carbocycles. The molecule has 3 rings (SSSR count). The van der Waals surface area contributed by atoms with E-state index in [0.717, 1.165) is 0 Å². The average molecular weight is 606 g/mol. The number of rotatable bonds is 12. The lowest BCUT2D eigenvalue weighted by Crippen LogP contribution is -2.44. The normalized spacial score (nSPS) is 25.9. The molecule has 0 spiro atoms. The summed E-state index contributed by atoms with van der Waals surface area (Å²) in [5, 5.41) is 25.1. The number of carbonyl (C=O) groups is 2. The summed E-state index contributed by atoms with van der Waals surface area (Å²) < 4.78 is 52.1. The summed E-state index contributed by atoms with van der Waals surface area (Å²) in [6.45, 7) is 8.66. The predicted molar refractivity (Wildman–Crippen MR) is 143 cm³/mol. The van der Waals surface area contributed by atoms with Gasteiger partial charge in [0.1, 0.15) is 23.8 Å². The lowest BCUT2D eigenvalue weighted by molar-refractivity contribution is -0.148. The molecule has 0 aliphatic carbocycles. The van der Waals surface area contributed by atoms with Gasteiger partial charge in [-0.3, -0.25) is 18.7 Å². The van der Waals surface area contributed by atoms with Crippen LogP contribution in [0, 0.1) is 5.41 Å². The summed E-state index contributed by atoms with van der Waals surface area (Å²) >= 11 is 0. The molecule has 41 heavy (non-hydrogen) atoms. The van der Waals surface area contributed by atoms with Gasteiger partial charge in [0.05, 0.1) is 26.7 Å². The van der Waals surface area contributed by atoms with E-state index in [4.69, 9.17) is 24.5 Å². The van der Waals surface area contributed by atoms with Gasteiger partial charge in [0.15, 0.2) is 23.6 Å². The van der Waals surface area contributed by atoms with Crippen LogP contribution in [0.5, 0.6) is 5.88 Å². The summed E-state index contributed by atoms with van der Waals surface area (Å²) in [5.74, 6) is -2.22. The van der Waals surface area contributed by atoms with Gasteiger partial charge < -0.3 is 34.7 Å². The van der Waals surface area contributed by atoms with E-state index < -0.39 is 62.4 Å². The smallest absolute Gasteiger partial charge is 0.342 e. The molecule has 3 heterocycles. The van der Waals surface area contributed by atoms with Crippen LogP contribution in [0.2, 0.25) is 0 Å². The number of hydrogen-bond donors (Lipinski definition) is 5. The third kappa shape index (κ3) is 7.47. The summed E-state index contributed by atoms with van der Waals surface area (Å²) in [4.78, 5) is 36.1. The monoisotopic (exact) mass is 605 g/mol. The molecule has 2 aromatic rings. The van der Waals surface area contributed by atoms with Crippen molar-refractivity contribution in [2.45, 2.75) is 77.7 Å². The van der Waals surface area contributed by atoms with E-state index >= 15 is 4.39 Å². The number of hydrogen-bond acceptors (Lipinski definition) is 12. The number of carbonyl (C=O) groups excluding carboxylic acids is 1. The lowest BCUT2D eigenvalue weighted by Gasteiger charge is -2.27. The summed E-state index contributed by atoms with van der Waals surface area (Å²) in [6, 6.07) is -2.58. The minimum absolute atomic E-state index is 0.0568. The van der Waals surface area contributed by atoms with Crippen LogP contribution in [0.4, 0.5) is 10.3 Å². The van der Waals surface area contributed by atoms with Crippen molar-refractivity contribution in [3.63, 3.8) is 0 Å². The fraction of sp³-hybridized carbons (Fsp3) is 0.696. The van der Waals surface area contributed by atoms with Crippen LogP contribution in [0.3, 0.4) is 0 Å². The van der Waals surface area contributed by atoms with Gasteiger partial charge >= 0.3 is 19.6 Å². The molecular formula is C23H37FN7O9P. The molecule has 0 aromatic carbocycles. The number of aliphatic carboxylic acids is 1. The van der Waals surface area contributed by atoms with Gasteiger partial charge in [0.2, 0.25) is 11.8 Å². The zero-order valence-corrected chi connectivity index (χ0v) is 24.7. The standard InChI is InChI=1S/C23H37FN7O9P/c1-11(18(32)33)29-41(36,30-12(2)19(34)38-9-22(3,4)5)39-8-13-15(24)23(6,35)20(40-13)31-10-26-14-16(31)27-21(25)28-17(14)37-7/h10-13,15,20,35H,8-9H2,1-7H3,(H,32,33)(H2,25,27,28)(H2,29,30,36)/t11-,12-,13+,15+,20+,23+,41?/m0/s1. The Kier molecular flexibility index (Phi) is 9.62. The Morgan fingerprint density at radius 1 is 1.29 bits per heavy atom. The third-order valence-corrected chi connectivity index (χ3v) is 8.03. The molecule has 1 unspecified atom stereocenters. The number of carboxylic acid groups (broad SMARTS) is 1. The van der Waals surface area contributed by atoms with Crippen LogP contribution in [0.15, 0.2) is 6.33 Å². The van der Waals surface area contributed by atoms with Gasteiger partial charge in [-0.1, -0.05) is 20.8 Å². The second kappa shape index (κ2) is 12.1. The Balaban J connectivity index is 1.81. The van der Waals surface area contributed by atoms with Crippen molar-refractivity contribution >= 4 is 36.7 Å². The second-order valence-corrected chi connectivity index (χ2v) is 13.0. The van der Waals surface area contributed by atoms with Crippen molar-refractivity contribution in [1.82, 2.24) is 29.7 Å². The highest BCUT2D eigenvalue weighted by atomic mass is 31.2. The number of nitrogens with zero attached hydrogens (tertiary/aromatic N) is 4. The highest BCUT2D eigenvalue weighted by Crippen LogP contribution is 2.45. The topological polar surface area (TPSA) is 222 Å². The Morgan fingerprint density at radius 3 is 2.51 bits per heavy atom. The number of methoxy groups -OCH3 is 1. The Labute approximate surface area is 235 Å². The molecule has 1 aliphatic rings. The van der Waals surface area contributed by atoms with Crippen molar-refractivity contribution in [3.05, 3.63) is 6.33 Å². The van der Waals surface area contributed by atoms with Crippen LogP contribution in [-0.4, -0.2) is 92.0 Å². The van der Waals surface area contributed by atoms with E-state index in [1.54, 1.807) is 0 Å². The first-order valence-corrected chi connectivity index (χ1v) is 14.3. The van der Waals surface area contributed by atoms with Crippen molar-refractivity contribution < 1.29 is 47.5 Å². The minimum atomic E-state index is -4.34. The molecule has 1 saturated heterocycles. The largest absolute Gasteiger partial charge is 0.480 e. The number of ether oxygens (including phenoxy) is 3. The van der Waals surface area contributed by atoms with Crippen LogP contribution in [0.25, 0.3) is 11.2 Å². The Hall–Kier alpha value is -2.95. The van der Waals surface area contributed by atoms with Gasteiger partial charge in [0.25, 0.3) is 0 Å². The molecule has 0 amide bonds. The number of fused-ring (bicyclic) bond motifs is 1. The van der Waals surface area contributed by atoms with Gasteiger partial charge in [0, 0.05) is 0 Å². The highest BCUT2D eigenvalue weighted by Gasteiger charge is 2.55. The molecule has 6 N–H and O–H groups in total. The predicted octanol–water partition coefficient (Wildman–Crippen LogP) is 1.16. The van der Waals surface area contributed by atoms with E-state index in [0.29, 0.717) is 0 Å². The van der Waals surface area contributed by atoms with Crippen molar-refractivity contribution in [1.29, 1.82) is 0 Å². The van der Waals surface area contributed by atoms with E-state index in [-0.39, 0.29) is 35.0 Å². The Bertz CT molecular complexity index is 1320. The maximum atomic E-state index is 15.5. The van der Waals surface area contributed by atoms with E-state index in [1.807, 2.05) is 20.8 Å². The Morgan fingerprint density at radius 2 is 1.93 bits per heavy atom. The van der Waals surface area contributed by atoms with Gasteiger partial charge in [-0.25, -0.2) is 19.5 Å². The van der Waals surface area contributed by atoms with Gasteiger partial charge in [-0.2, -0.15) is 9.97 Å². The quantitative estimate of drug-likeness (QED) is 0.169. The first-order chi connectivity index (χ1) is 18.9. The summed E-state index contributed by atoms with van der Waals surface area (Å²) in [7, 11) is -2.99. The molecule has 16 nitrogen and oxygen atoms in total. The van der Waals surface area contributed by atoms with E-state index in [2.05, 4.69) is 25.1 Å². The maximum Gasteiger partial charge on any atom is 0.342 e. The molecule has 1 fully saturated rings. The first-order valence-electron chi connectivity index (χ1n) is 12.6.